The minimum atomic E-state index is -0.277. The predicted octanol–water partition coefficient (Wildman–Crippen LogP) is 4.70. The van der Waals surface area contributed by atoms with E-state index in [1.807, 2.05) is 19.1 Å². The Morgan fingerprint density at radius 3 is 2.59 bits per heavy atom. The number of aliphatic imine (C=N–C) groups is 1. The Kier molecular flexibility index (Phi) is 9.11. The van der Waals surface area contributed by atoms with E-state index in [1.165, 1.54) is 23.3 Å². The van der Waals surface area contributed by atoms with E-state index >= 15 is 0 Å². The van der Waals surface area contributed by atoms with Gasteiger partial charge in [-0.05, 0) is 49.2 Å². The number of aryl methyl sites for hydroxylation is 1. The first kappa shape index (κ1) is 22.9. The average Bonchev–Trinajstić information content (AvgIpc) is 3.16. The van der Waals surface area contributed by atoms with Gasteiger partial charge in [-0.15, -0.1) is 24.0 Å². The van der Waals surface area contributed by atoms with E-state index in [-0.39, 0.29) is 29.8 Å². The SMILES string of the molecule is CCNC(=NCc1ccccc1C)NCCc1coc(-c2ccc(F)cc2)n1.I. The smallest absolute Gasteiger partial charge is 0.226 e. The third kappa shape index (κ3) is 6.85. The van der Waals surface area contributed by atoms with Gasteiger partial charge in [0.25, 0.3) is 0 Å². The van der Waals surface area contributed by atoms with Crippen molar-refractivity contribution in [3.63, 3.8) is 0 Å². The van der Waals surface area contributed by atoms with Gasteiger partial charge in [0, 0.05) is 25.1 Å². The maximum absolute atomic E-state index is 13.0. The topological polar surface area (TPSA) is 62.5 Å². The fourth-order valence-corrected chi connectivity index (χ4v) is 2.75. The molecule has 3 rings (SSSR count). The Labute approximate surface area is 187 Å². The summed E-state index contributed by atoms with van der Waals surface area (Å²) in [6.45, 7) is 6.22. The standard InChI is InChI=1S/C22H25FN4O.HI/c1-3-24-22(26-14-18-7-5-4-6-16(18)2)25-13-12-20-15-28-21(27-20)17-8-10-19(23)11-9-17;/h4-11,15H,3,12-14H2,1-2H3,(H2,24,25,26);1H. The Balaban J connectivity index is 0.00000300. The molecule has 0 bridgehead atoms. The molecule has 0 aliphatic heterocycles. The van der Waals surface area contributed by atoms with Crippen LogP contribution < -0.4 is 10.6 Å². The molecule has 3 aromatic rings. The molecule has 2 N–H and O–H groups in total. The molecule has 0 saturated carbocycles. The molecule has 0 radical (unpaired) electrons. The summed E-state index contributed by atoms with van der Waals surface area (Å²) in [5, 5.41) is 6.58. The third-order valence-corrected chi connectivity index (χ3v) is 4.33. The van der Waals surface area contributed by atoms with Crippen molar-refractivity contribution in [3.8, 4) is 11.5 Å². The van der Waals surface area contributed by atoms with E-state index < -0.39 is 0 Å². The molecule has 0 aliphatic carbocycles. The van der Waals surface area contributed by atoms with Gasteiger partial charge in [-0.25, -0.2) is 14.4 Å². The molecule has 0 amide bonds. The van der Waals surface area contributed by atoms with Gasteiger partial charge < -0.3 is 15.1 Å². The lowest BCUT2D eigenvalue weighted by Crippen LogP contribution is -2.38. The summed E-state index contributed by atoms with van der Waals surface area (Å²) in [5.74, 6) is 0.990. The Morgan fingerprint density at radius 1 is 1.10 bits per heavy atom. The number of nitrogens with one attached hydrogen (secondary N) is 2. The quantitative estimate of drug-likeness (QED) is 0.276. The lowest BCUT2D eigenvalue weighted by molar-refractivity contribution is 0.571. The van der Waals surface area contributed by atoms with Crippen molar-refractivity contribution in [1.29, 1.82) is 0 Å². The molecule has 154 valence electrons. The minimum absolute atomic E-state index is 0. The van der Waals surface area contributed by atoms with Crippen LogP contribution in [0.25, 0.3) is 11.5 Å². The van der Waals surface area contributed by atoms with Crippen LogP contribution in [0.2, 0.25) is 0 Å². The molecule has 0 aliphatic rings. The van der Waals surface area contributed by atoms with Gasteiger partial charge in [-0.2, -0.15) is 0 Å². The molecule has 29 heavy (non-hydrogen) atoms. The number of hydrogen-bond acceptors (Lipinski definition) is 3. The van der Waals surface area contributed by atoms with E-state index in [4.69, 9.17) is 4.42 Å². The summed E-state index contributed by atoms with van der Waals surface area (Å²) in [6, 6.07) is 14.4. The maximum Gasteiger partial charge on any atom is 0.226 e. The number of hydrogen-bond donors (Lipinski definition) is 2. The summed E-state index contributed by atoms with van der Waals surface area (Å²) in [5.41, 5.74) is 4.04. The fourth-order valence-electron chi connectivity index (χ4n) is 2.75. The van der Waals surface area contributed by atoms with E-state index in [2.05, 4.69) is 39.7 Å². The summed E-state index contributed by atoms with van der Waals surface area (Å²) >= 11 is 0. The maximum atomic E-state index is 13.0. The van der Waals surface area contributed by atoms with Gasteiger partial charge in [0.1, 0.15) is 12.1 Å². The highest BCUT2D eigenvalue weighted by Crippen LogP contribution is 2.19. The zero-order valence-electron chi connectivity index (χ0n) is 16.6. The number of halogens is 2. The lowest BCUT2D eigenvalue weighted by Gasteiger charge is -2.11. The van der Waals surface area contributed by atoms with Crippen LogP contribution in [0.15, 0.2) is 64.2 Å². The molecule has 0 spiro atoms. The van der Waals surface area contributed by atoms with E-state index in [0.717, 1.165) is 23.8 Å². The second kappa shape index (κ2) is 11.5. The van der Waals surface area contributed by atoms with Crippen LogP contribution >= 0.6 is 24.0 Å². The zero-order valence-corrected chi connectivity index (χ0v) is 18.9. The average molecular weight is 508 g/mol. The number of nitrogens with zero attached hydrogens (tertiary/aromatic N) is 2. The number of oxazole rings is 1. The molecule has 5 nitrogen and oxygen atoms in total. The van der Waals surface area contributed by atoms with Crippen molar-refractivity contribution in [3.05, 3.63) is 77.4 Å². The van der Waals surface area contributed by atoms with Crippen molar-refractivity contribution in [1.82, 2.24) is 15.6 Å². The molecule has 2 aromatic carbocycles. The molecule has 0 unspecified atom stereocenters. The van der Waals surface area contributed by atoms with Crippen LogP contribution in [0.4, 0.5) is 4.39 Å². The van der Waals surface area contributed by atoms with E-state index in [9.17, 15) is 4.39 Å². The van der Waals surface area contributed by atoms with Crippen molar-refractivity contribution in [2.75, 3.05) is 13.1 Å². The highest BCUT2D eigenvalue weighted by atomic mass is 127. The van der Waals surface area contributed by atoms with Gasteiger partial charge in [-0.3, -0.25) is 0 Å². The molecule has 7 heteroatoms. The van der Waals surface area contributed by atoms with Crippen molar-refractivity contribution in [2.24, 2.45) is 4.99 Å². The molecule has 0 saturated heterocycles. The van der Waals surface area contributed by atoms with Gasteiger partial charge >= 0.3 is 0 Å². The normalized spacial score (nSPS) is 11.1. The highest BCUT2D eigenvalue weighted by molar-refractivity contribution is 14.0. The second-order valence-electron chi connectivity index (χ2n) is 6.45. The van der Waals surface area contributed by atoms with E-state index in [1.54, 1.807) is 18.4 Å². The Hall–Kier alpha value is -2.42. The monoisotopic (exact) mass is 508 g/mol. The van der Waals surface area contributed by atoms with E-state index in [0.29, 0.717) is 25.4 Å². The number of benzene rings is 2. The molecule has 1 heterocycles. The van der Waals surface area contributed by atoms with Crippen LogP contribution in [0, 0.1) is 12.7 Å². The van der Waals surface area contributed by atoms with Crippen molar-refractivity contribution in [2.45, 2.75) is 26.8 Å². The first-order chi connectivity index (χ1) is 13.7. The lowest BCUT2D eigenvalue weighted by atomic mass is 10.1. The largest absolute Gasteiger partial charge is 0.444 e. The van der Waals surface area contributed by atoms with Gasteiger partial charge in [0.15, 0.2) is 5.96 Å². The highest BCUT2D eigenvalue weighted by Gasteiger charge is 2.07. The molecular formula is C22H26FIN4O. The predicted molar refractivity (Wildman–Crippen MR) is 125 cm³/mol. The number of rotatable bonds is 7. The van der Waals surface area contributed by atoms with Gasteiger partial charge in [0.2, 0.25) is 5.89 Å². The first-order valence-electron chi connectivity index (χ1n) is 9.42. The van der Waals surface area contributed by atoms with Crippen LogP contribution in [0.5, 0.6) is 0 Å². The molecule has 0 fully saturated rings. The molecule has 1 aromatic heterocycles. The van der Waals surface area contributed by atoms with Crippen LogP contribution in [-0.2, 0) is 13.0 Å². The van der Waals surface area contributed by atoms with Crippen LogP contribution in [0.1, 0.15) is 23.7 Å². The first-order valence-corrected chi connectivity index (χ1v) is 9.42. The van der Waals surface area contributed by atoms with Gasteiger partial charge in [0.05, 0.1) is 12.2 Å². The van der Waals surface area contributed by atoms with Crippen LogP contribution in [-0.4, -0.2) is 24.0 Å². The summed E-state index contributed by atoms with van der Waals surface area (Å²) < 4.78 is 18.5. The van der Waals surface area contributed by atoms with Crippen molar-refractivity contribution < 1.29 is 8.81 Å². The Morgan fingerprint density at radius 2 is 1.86 bits per heavy atom. The number of aromatic nitrogens is 1. The molecular weight excluding hydrogens is 482 g/mol. The minimum Gasteiger partial charge on any atom is -0.444 e. The fraction of sp³-hybridized carbons (Fsp3) is 0.273. The second-order valence-corrected chi connectivity index (χ2v) is 6.45. The zero-order chi connectivity index (χ0) is 19.8. The summed E-state index contributed by atoms with van der Waals surface area (Å²) in [4.78, 5) is 9.12. The van der Waals surface area contributed by atoms with Crippen molar-refractivity contribution >= 4 is 29.9 Å². The summed E-state index contributed by atoms with van der Waals surface area (Å²) in [6.07, 6.45) is 2.33. The Bertz CT molecular complexity index is 925. The third-order valence-electron chi connectivity index (χ3n) is 4.33. The van der Waals surface area contributed by atoms with Crippen LogP contribution in [0.3, 0.4) is 0 Å². The summed E-state index contributed by atoms with van der Waals surface area (Å²) in [7, 11) is 0. The van der Waals surface area contributed by atoms with Gasteiger partial charge in [-0.1, -0.05) is 24.3 Å². The molecule has 0 atom stereocenters. The number of guanidine groups is 1.